The van der Waals surface area contributed by atoms with Crippen LogP contribution in [0.25, 0.3) is 16.9 Å². The zero-order valence-corrected chi connectivity index (χ0v) is 24.4. The van der Waals surface area contributed by atoms with Crippen LogP contribution >= 0.6 is 0 Å². The maximum atomic E-state index is 13.3. The third-order valence-corrected chi connectivity index (χ3v) is 8.57. The van der Waals surface area contributed by atoms with Crippen molar-refractivity contribution in [3.63, 3.8) is 0 Å². The van der Waals surface area contributed by atoms with Crippen molar-refractivity contribution in [2.45, 2.75) is 52.1 Å². The molecular formula is C31H39N9O2. The average molecular weight is 570 g/mol. The second kappa shape index (κ2) is 11.9. The standard InChI is InChI=1S/C31H39N9O2/c1-4-17-38-30(42)26-20-33-31(35-29(26)40(38)27-9-10-28(41)39(36-27)21(2)3)34-24-5-7-25(8-6-24)37-18-13-23(14-19-37)22-11-15-32-16-12-22/h4-10,20-23,32H,1,11-19H2,2-3H3,(H,33,34,35). The molecule has 6 rings (SSSR count). The number of benzene rings is 1. The normalized spacial score (nSPS) is 16.8. The van der Waals surface area contributed by atoms with Crippen LogP contribution in [0.15, 0.2) is 64.8 Å². The lowest BCUT2D eigenvalue weighted by molar-refractivity contribution is 0.222. The molecular weight excluding hydrogens is 530 g/mol. The summed E-state index contributed by atoms with van der Waals surface area (Å²) in [6.07, 6.45) is 8.32. The second-order valence-electron chi connectivity index (χ2n) is 11.6. The minimum Gasteiger partial charge on any atom is -0.372 e. The van der Waals surface area contributed by atoms with Crippen molar-refractivity contribution in [3.8, 4) is 5.82 Å². The maximum Gasteiger partial charge on any atom is 0.278 e. The molecule has 0 aliphatic carbocycles. The van der Waals surface area contributed by atoms with Crippen LogP contribution in [0.2, 0.25) is 0 Å². The van der Waals surface area contributed by atoms with E-state index in [1.165, 1.54) is 53.0 Å². The smallest absolute Gasteiger partial charge is 0.278 e. The van der Waals surface area contributed by atoms with Crippen LogP contribution in [0.5, 0.6) is 0 Å². The summed E-state index contributed by atoms with van der Waals surface area (Å²) in [5.41, 5.74) is 2.01. The molecule has 11 heteroatoms. The van der Waals surface area contributed by atoms with Gasteiger partial charge in [0.15, 0.2) is 11.5 Å². The van der Waals surface area contributed by atoms with E-state index in [1.54, 1.807) is 16.8 Å². The number of piperidine rings is 2. The largest absolute Gasteiger partial charge is 0.372 e. The molecule has 2 N–H and O–H groups in total. The molecule has 11 nitrogen and oxygen atoms in total. The van der Waals surface area contributed by atoms with E-state index in [0.29, 0.717) is 22.8 Å². The number of aromatic nitrogens is 6. The van der Waals surface area contributed by atoms with Gasteiger partial charge in [0.1, 0.15) is 5.39 Å². The summed E-state index contributed by atoms with van der Waals surface area (Å²) in [5.74, 6) is 2.49. The molecule has 2 aliphatic heterocycles. The first-order chi connectivity index (χ1) is 20.4. The molecule has 3 aromatic heterocycles. The van der Waals surface area contributed by atoms with Crippen molar-refractivity contribution in [2.75, 3.05) is 36.4 Å². The molecule has 0 spiro atoms. The topological polar surface area (TPSA) is 115 Å². The summed E-state index contributed by atoms with van der Waals surface area (Å²) in [7, 11) is 0. The first-order valence-electron chi connectivity index (χ1n) is 15.0. The van der Waals surface area contributed by atoms with Crippen LogP contribution < -0.4 is 26.7 Å². The number of nitrogens with zero attached hydrogens (tertiary/aromatic N) is 7. The number of rotatable bonds is 8. The minimum atomic E-state index is -0.256. The van der Waals surface area contributed by atoms with E-state index in [4.69, 9.17) is 4.98 Å². The van der Waals surface area contributed by atoms with E-state index in [2.05, 4.69) is 44.3 Å². The lowest BCUT2D eigenvalue weighted by atomic mass is 9.79. The summed E-state index contributed by atoms with van der Waals surface area (Å²) >= 11 is 0. The fourth-order valence-electron chi connectivity index (χ4n) is 6.34. The quantitative estimate of drug-likeness (QED) is 0.308. The monoisotopic (exact) mass is 569 g/mol. The highest BCUT2D eigenvalue weighted by Crippen LogP contribution is 2.33. The number of nitrogens with one attached hydrogen (secondary N) is 2. The first-order valence-corrected chi connectivity index (χ1v) is 15.0. The molecule has 2 aliphatic rings. The molecule has 0 radical (unpaired) electrons. The van der Waals surface area contributed by atoms with Gasteiger partial charge in [0, 0.05) is 36.7 Å². The van der Waals surface area contributed by atoms with Crippen molar-refractivity contribution in [1.82, 2.24) is 34.4 Å². The van der Waals surface area contributed by atoms with E-state index < -0.39 is 0 Å². The van der Waals surface area contributed by atoms with Gasteiger partial charge in [-0.1, -0.05) is 6.08 Å². The van der Waals surface area contributed by atoms with Crippen LogP contribution in [0.3, 0.4) is 0 Å². The SMILES string of the molecule is C=CCn1c(=O)c2cnc(Nc3ccc(N4CCC(C5CCNCC5)CC4)cc3)nc2n1-c1ccc(=O)n(C(C)C)n1. The molecule has 220 valence electrons. The van der Waals surface area contributed by atoms with Gasteiger partial charge in [-0.2, -0.15) is 4.98 Å². The molecule has 42 heavy (non-hydrogen) atoms. The minimum absolute atomic E-state index is 0.144. The number of hydrogen-bond acceptors (Lipinski definition) is 8. The fraction of sp³-hybridized carbons (Fsp3) is 0.452. The van der Waals surface area contributed by atoms with Gasteiger partial charge in [0.05, 0.1) is 12.6 Å². The summed E-state index contributed by atoms with van der Waals surface area (Å²) < 4.78 is 4.51. The Kier molecular flexibility index (Phi) is 7.92. The number of allylic oxidation sites excluding steroid dienone is 1. The number of fused-ring (bicyclic) bond motifs is 1. The molecule has 4 aromatic rings. The van der Waals surface area contributed by atoms with Crippen molar-refractivity contribution in [2.24, 2.45) is 11.8 Å². The van der Waals surface area contributed by atoms with E-state index >= 15 is 0 Å². The van der Waals surface area contributed by atoms with Crippen molar-refractivity contribution >= 4 is 28.4 Å². The predicted octanol–water partition coefficient (Wildman–Crippen LogP) is 3.87. The Hall–Kier alpha value is -4.25. The third-order valence-electron chi connectivity index (χ3n) is 8.57. The molecule has 0 unspecified atom stereocenters. The Morgan fingerprint density at radius 3 is 2.43 bits per heavy atom. The lowest BCUT2D eigenvalue weighted by Gasteiger charge is -2.38. The summed E-state index contributed by atoms with van der Waals surface area (Å²) in [6, 6.07) is 11.3. The summed E-state index contributed by atoms with van der Waals surface area (Å²) in [5, 5.41) is 11.7. The molecule has 0 saturated carbocycles. The van der Waals surface area contributed by atoms with Gasteiger partial charge in [-0.15, -0.1) is 11.7 Å². The van der Waals surface area contributed by atoms with Crippen LogP contribution in [0.4, 0.5) is 17.3 Å². The predicted molar refractivity (Wildman–Crippen MR) is 166 cm³/mol. The highest BCUT2D eigenvalue weighted by molar-refractivity contribution is 5.77. The van der Waals surface area contributed by atoms with Gasteiger partial charge in [-0.3, -0.25) is 9.59 Å². The van der Waals surface area contributed by atoms with Gasteiger partial charge >= 0.3 is 0 Å². The number of anilines is 3. The average Bonchev–Trinajstić information content (AvgIpc) is 3.28. The van der Waals surface area contributed by atoms with Crippen molar-refractivity contribution in [3.05, 3.63) is 76.0 Å². The number of hydrogen-bond donors (Lipinski definition) is 2. The molecule has 0 bridgehead atoms. The zero-order valence-electron chi connectivity index (χ0n) is 24.4. The molecule has 1 aromatic carbocycles. The van der Waals surface area contributed by atoms with Crippen molar-refractivity contribution < 1.29 is 0 Å². The van der Waals surface area contributed by atoms with E-state index in [1.807, 2.05) is 26.0 Å². The highest BCUT2D eigenvalue weighted by atomic mass is 16.1. The fourth-order valence-corrected chi connectivity index (χ4v) is 6.34. The van der Waals surface area contributed by atoms with Crippen LogP contribution in [-0.2, 0) is 6.54 Å². The Balaban J connectivity index is 1.23. The first kappa shape index (κ1) is 27.9. The highest BCUT2D eigenvalue weighted by Gasteiger charge is 2.27. The van der Waals surface area contributed by atoms with E-state index in [-0.39, 0.29) is 23.7 Å². The maximum absolute atomic E-state index is 13.3. The molecule has 0 amide bonds. The van der Waals surface area contributed by atoms with Crippen molar-refractivity contribution in [1.29, 1.82) is 0 Å². The van der Waals surface area contributed by atoms with Gasteiger partial charge < -0.3 is 15.5 Å². The van der Waals surface area contributed by atoms with Gasteiger partial charge in [-0.25, -0.2) is 19.0 Å². The summed E-state index contributed by atoms with van der Waals surface area (Å²) in [4.78, 5) is 37.2. The Morgan fingerprint density at radius 2 is 1.74 bits per heavy atom. The van der Waals surface area contributed by atoms with Crippen LogP contribution in [0, 0.1) is 11.8 Å². The van der Waals surface area contributed by atoms with Gasteiger partial charge in [0.25, 0.3) is 11.1 Å². The Bertz CT molecular complexity index is 1670. The molecule has 2 fully saturated rings. The second-order valence-corrected chi connectivity index (χ2v) is 11.6. The molecule has 0 atom stereocenters. The third kappa shape index (κ3) is 5.48. The van der Waals surface area contributed by atoms with E-state index in [0.717, 1.165) is 43.7 Å². The molecule has 5 heterocycles. The summed E-state index contributed by atoms with van der Waals surface area (Å²) in [6.45, 7) is 12.3. The Morgan fingerprint density at radius 1 is 1.02 bits per heavy atom. The van der Waals surface area contributed by atoms with Crippen LogP contribution in [0.1, 0.15) is 45.6 Å². The van der Waals surface area contributed by atoms with Crippen LogP contribution in [-0.4, -0.2) is 55.3 Å². The molecule has 2 saturated heterocycles. The van der Waals surface area contributed by atoms with Gasteiger partial charge in [0.2, 0.25) is 5.95 Å². The lowest BCUT2D eigenvalue weighted by Crippen LogP contribution is -2.39. The van der Waals surface area contributed by atoms with Gasteiger partial charge in [-0.05, 0) is 94.8 Å². The zero-order chi connectivity index (χ0) is 29.2. The van der Waals surface area contributed by atoms with E-state index in [9.17, 15) is 9.59 Å². The Labute approximate surface area is 244 Å².